The number of aromatic nitrogens is 4. The maximum atomic E-state index is 14.2. The Morgan fingerprint density at radius 1 is 0.710 bits per heavy atom. The molecule has 4 unspecified atom stereocenters. The van der Waals surface area contributed by atoms with E-state index in [4.69, 9.17) is 9.72 Å². The summed E-state index contributed by atoms with van der Waals surface area (Å²) in [7, 11) is 1.28. The van der Waals surface area contributed by atoms with Crippen LogP contribution in [0, 0.1) is 11.8 Å². The third-order valence-electron chi connectivity index (χ3n) is 12.0. The highest BCUT2D eigenvalue weighted by Gasteiger charge is 2.39. The van der Waals surface area contributed by atoms with E-state index in [-0.39, 0.29) is 29.9 Å². The van der Waals surface area contributed by atoms with Crippen molar-refractivity contribution in [3.05, 3.63) is 156 Å². The van der Waals surface area contributed by atoms with Crippen LogP contribution < -0.4 is 5.32 Å². The summed E-state index contributed by atoms with van der Waals surface area (Å²) in [5, 5.41) is 2.70. The number of alkyl carbamates (subject to hydrolysis) is 1. The summed E-state index contributed by atoms with van der Waals surface area (Å²) >= 11 is 0. The first-order chi connectivity index (χ1) is 30.3. The molecule has 6 aromatic rings. The predicted molar refractivity (Wildman–Crippen MR) is 238 cm³/mol. The van der Waals surface area contributed by atoms with Crippen LogP contribution in [0.3, 0.4) is 0 Å². The van der Waals surface area contributed by atoms with E-state index in [1.54, 1.807) is 11.1 Å². The summed E-state index contributed by atoms with van der Waals surface area (Å²) < 4.78 is 4.82. The van der Waals surface area contributed by atoms with Gasteiger partial charge < -0.3 is 29.8 Å². The maximum absolute atomic E-state index is 14.2. The maximum Gasteiger partial charge on any atom is 0.407 e. The predicted octanol–water partition coefficient (Wildman–Crippen LogP) is 8.37. The number of likely N-dealkylation sites (N-methyl/N-ethyl adjacent to an activating group) is 1. The standard InChI is InChI=1S/C50H52N8O4/c1-4-56(5-2)45(39-16-10-7-11-17-39)49(60)58-31-13-19-43(58)47-52-33-41(54-47)37-27-25-36(26-28-37)35-23-20-34(21-24-35)22-29-40-32-51-46(53-40)42-18-12-30-57(42)48(59)44(55-50(61)62-3)38-14-8-6-9-15-38/h6-11,14-17,20-21,23-28,32-33,42-45H,4-5,12-13,18-19,30-31H2,1-3H3,(H,51,53)(H,52,54)(H,55,61). The fraction of sp³-hybridized carbons (Fsp3) is 0.300. The zero-order chi connectivity index (χ0) is 43.0. The Morgan fingerprint density at radius 3 is 1.87 bits per heavy atom. The molecule has 62 heavy (non-hydrogen) atoms. The van der Waals surface area contributed by atoms with Crippen LogP contribution in [0.1, 0.15) is 97.7 Å². The van der Waals surface area contributed by atoms with Crippen molar-refractivity contribution in [2.45, 2.75) is 63.7 Å². The first-order valence-corrected chi connectivity index (χ1v) is 21.5. The van der Waals surface area contributed by atoms with Gasteiger partial charge in [0.15, 0.2) is 0 Å². The number of likely N-dealkylation sites (tertiary alicyclic amines) is 2. The van der Waals surface area contributed by atoms with E-state index in [9.17, 15) is 14.4 Å². The minimum Gasteiger partial charge on any atom is -0.453 e. The third-order valence-corrected chi connectivity index (χ3v) is 12.0. The molecule has 12 heteroatoms. The topological polar surface area (TPSA) is 140 Å². The molecule has 0 bridgehead atoms. The van der Waals surface area contributed by atoms with Gasteiger partial charge in [0.25, 0.3) is 5.91 Å². The molecule has 4 atom stereocenters. The smallest absolute Gasteiger partial charge is 0.407 e. The zero-order valence-electron chi connectivity index (χ0n) is 35.4. The molecular formula is C50H52N8O4. The summed E-state index contributed by atoms with van der Waals surface area (Å²) in [6.07, 6.45) is 6.26. The van der Waals surface area contributed by atoms with Crippen LogP contribution in [-0.2, 0) is 14.3 Å². The molecule has 4 heterocycles. The van der Waals surface area contributed by atoms with Gasteiger partial charge in [0.05, 0.1) is 37.3 Å². The Kier molecular flexibility index (Phi) is 12.9. The molecule has 8 rings (SSSR count). The Bertz CT molecular complexity index is 2520. The first kappa shape index (κ1) is 41.8. The van der Waals surface area contributed by atoms with Gasteiger partial charge in [0, 0.05) is 18.7 Å². The second-order valence-corrected chi connectivity index (χ2v) is 15.7. The largest absolute Gasteiger partial charge is 0.453 e. The fourth-order valence-corrected chi connectivity index (χ4v) is 8.75. The number of ether oxygens (including phenoxy) is 1. The molecular weight excluding hydrogens is 777 g/mol. The van der Waals surface area contributed by atoms with Gasteiger partial charge in [0.1, 0.15) is 29.4 Å². The number of amides is 3. The lowest BCUT2D eigenvalue weighted by molar-refractivity contribution is -0.138. The van der Waals surface area contributed by atoms with Gasteiger partial charge in [-0.2, -0.15) is 0 Å². The van der Waals surface area contributed by atoms with Gasteiger partial charge in [-0.05, 0) is 84.6 Å². The first-order valence-electron chi connectivity index (χ1n) is 21.5. The quantitative estimate of drug-likeness (QED) is 0.105. The Balaban J connectivity index is 0.906. The van der Waals surface area contributed by atoms with Crippen LogP contribution in [0.2, 0.25) is 0 Å². The number of H-pyrrole nitrogens is 2. The van der Waals surface area contributed by atoms with Crippen molar-refractivity contribution >= 4 is 17.9 Å². The molecule has 2 aliphatic rings. The highest BCUT2D eigenvalue weighted by atomic mass is 16.5. The monoisotopic (exact) mass is 828 g/mol. The fourth-order valence-electron chi connectivity index (χ4n) is 8.75. The molecule has 2 aromatic heterocycles. The number of nitrogens with zero attached hydrogens (tertiary/aromatic N) is 5. The average Bonchev–Trinajstić information content (AvgIpc) is 4.17. The average molecular weight is 829 g/mol. The second-order valence-electron chi connectivity index (χ2n) is 15.7. The van der Waals surface area contributed by atoms with E-state index in [0.29, 0.717) is 30.2 Å². The number of methoxy groups -OCH3 is 1. The van der Waals surface area contributed by atoms with Gasteiger partial charge in [-0.25, -0.2) is 14.8 Å². The number of nitrogens with one attached hydrogen (secondary N) is 3. The highest BCUT2D eigenvalue weighted by molar-refractivity contribution is 5.87. The molecule has 3 N–H and O–H groups in total. The Hall–Kier alpha value is -6.97. The van der Waals surface area contributed by atoms with Crippen molar-refractivity contribution in [3.8, 4) is 34.2 Å². The number of carbonyl (C=O) groups excluding carboxylic acids is 3. The molecule has 316 valence electrons. The van der Waals surface area contributed by atoms with Gasteiger partial charge in [-0.3, -0.25) is 14.5 Å². The molecule has 0 aliphatic carbocycles. The van der Waals surface area contributed by atoms with Crippen LogP contribution in [-0.4, -0.2) is 85.8 Å². The Labute approximate surface area is 362 Å². The van der Waals surface area contributed by atoms with E-state index in [1.807, 2.05) is 71.8 Å². The second kappa shape index (κ2) is 19.2. The van der Waals surface area contributed by atoms with E-state index >= 15 is 0 Å². The highest BCUT2D eigenvalue weighted by Crippen LogP contribution is 2.36. The van der Waals surface area contributed by atoms with Crippen molar-refractivity contribution in [2.24, 2.45) is 0 Å². The molecule has 3 amide bonds. The zero-order valence-corrected chi connectivity index (χ0v) is 35.4. The molecule has 2 fully saturated rings. The molecule has 0 saturated carbocycles. The van der Waals surface area contributed by atoms with Gasteiger partial charge in [-0.1, -0.05) is 117 Å². The number of hydrogen-bond donors (Lipinski definition) is 3. The van der Waals surface area contributed by atoms with E-state index in [1.165, 1.54) is 7.11 Å². The van der Waals surface area contributed by atoms with Crippen molar-refractivity contribution in [3.63, 3.8) is 0 Å². The van der Waals surface area contributed by atoms with E-state index < -0.39 is 12.1 Å². The SMILES string of the molecule is CCN(CC)C(C(=O)N1CCCC1c1ncc(-c2ccc(-c3ccc(C#Cc4cnc(C5CCCN5C(=O)C(NC(=O)OC)c5ccccc5)[nH]4)cc3)cc2)[nH]1)c1ccccc1. The number of benzene rings is 4. The summed E-state index contributed by atoms with van der Waals surface area (Å²) in [4.78, 5) is 62.6. The van der Waals surface area contributed by atoms with Gasteiger partial charge in [-0.15, -0.1) is 0 Å². The van der Waals surface area contributed by atoms with Crippen molar-refractivity contribution in [1.29, 1.82) is 0 Å². The molecule has 2 saturated heterocycles. The normalized spacial score (nSPS) is 17.0. The number of rotatable bonds is 12. The molecule has 2 aliphatic heterocycles. The summed E-state index contributed by atoms with van der Waals surface area (Å²) in [6.45, 7) is 7.06. The van der Waals surface area contributed by atoms with Crippen LogP contribution in [0.15, 0.2) is 122 Å². The Morgan fingerprint density at radius 2 is 1.26 bits per heavy atom. The van der Waals surface area contributed by atoms with Gasteiger partial charge in [0.2, 0.25) is 5.91 Å². The third kappa shape index (κ3) is 9.04. The van der Waals surface area contributed by atoms with E-state index in [2.05, 4.69) is 99.4 Å². The number of hydrogen-bond acceptors (Lipinski definition) is 7. The summed E-state index contributed by atoms with van der Waals surface area (Å²) in [5.41, 5.74) is 7.29. The van der Waals surface area contributed by atoms with Gasteiger partial charge >= 0.3 is 6.09 Å². The molecule has 12 nitrogen and oxygen atoms in total. The molecule has 0 radical (unpaired) electrons. The van der Waals surface area contributed by atoms with Crippen LogP contribution >= 0.6 is 0 Å². The van der Waals surface area contributed by atoms with Crippen LogP contribution in [0.5, 0.6) is 0 Å². The summed E-state index contributed by atoms with van der Waals surface area (Å²) in [5.74, 6) is 7.82. The minimum atomic E-state index is -0.881. The lowest BCUT2D eigenvalue weighted by atomic mass is 10.0. The van der Waals surface area contributed by atoms with Crippen molar-refractivity contribution < 1.29 is 19.1 Å². The lowest BCUT2D eigenvalue weighted by Crippen LogP contribution is -2.43. The van der Waals surface area contributed by atoms with Crippen molar-refractivity contribution in [2.75, 3.05) is 33.3 Å². The van der Waals surface area contributed by atoms with Crippen LogP contribution in [0.25, 0.3) is 22.4 Å². The van der Waals surface area contributed by atoms with Crippen LogP contribution in [0.4, 0.5) is 4.79 Å². The number of imidazole rings is 2. The number of carbonyl (C=O) groups is 3. The number of aromatic amines is 2. The minimum absolute atomic E-state index is 0.0981. The molecule has 4 aromatic carbocycles. The van der Waals surface area contributed by atoms with Crippen molar-refractivity contribution in [1.82, 2.24) is 40.0 Å². The summed E-state index contributed by atoms with van der Waals surface area (Å²) in [6, 6.07) is 34.2. The van der Waals surface area contributed by atoms with E-state index in [0.717, 1.165) is 78.1 Å². The molecule has 0 spiro atoms. The lowest BCUT2D eigenvalue weighted by Gasteiger charge is -2.34.